The fraction of sp³-hybridized carbons (Fsp3) is 0.348. The van der Waals surface area contributed by atoms with Crippen LogP contribution in [0.3, 0.4) is 0 Å². The first kappa shape index (κ1) is 31.9. The average molecular weight is 675 g/mol. The molecule has 2 aliphatic heterocycles. The van der Waals surface area contributed by atoms with Crippen LogP contribution in [0.5, 0.6) is 0 Å². The van der Waals surface area contributed by atoms with Gasteiger partial charge in [0.1, 0.15) is 40.4 Å². The molecule has 1 unspecified atom stereocenters. The molecule has 3 atom stereocenters. The standard InChI is InChI=1S/C23H24ClFN8O5S4/c1-10(29-9-26)7-39-12-6-28-4-2-11(12)41-13-8-40-21-16(20(35)33(21)17(13)22(36)37)30-19(34)15(32-38-5-3-25)14-18(24)42-23(27)31-14/h2,4,6,9-10,16,21H,3,5,7-8H2,1H3,(H2,26,29)(H2,27,31)(H,30,34)(H,36,37)/b32-15-/t10?,16-,21+/m1/s1. The summed E-state index contributed by atoms with van der Waals surface area (Å²) in [6, 6.07) is 0.672. The van der Waals surface area contributed by atoms with E-state index in [1.807, 2.05) is 6.92 Å². The van der Waals surface area contributed by atoms with E-state index in [1.165, 1.54) is 41.6 Å². The highest BCUT2D eigenvalue weighted by Gasteiger charge is 2.54. The van der Waals surface area contributed by atoms with Gasteiger partial charge < -0.3 is 26.7 Å². The number of thiazole rings is 1. The number of nitrogens with one attached hydrogen (secondary N) is 1. The number of hydrogen-bond acceptors (Lipinski definition) is 13. The number of oxime groups is 1. The summed E-state index contributed by atoms with van der Waals surface area (Å²) in [6.45, 7) is 0.640. The normalized spacial score (nSPS) is 19.5. The summed E-state index contributed by atoms with van der Waals surface area (Å²) >= 11 is 11.1. The lowest BCUT2D eigenvalue weighted by Gasteiger charge is -2.49. The number of carbonyl (C=O) groups is 3. The van der Waals surface area contributed by atoms with Gasteiger partial charge in [-0.3, -0.25) is 24.5 Å². The third-order valence-corrected chi connectivity index (χ3v) is 10.7. The lowest BCUT2D eigenvalue weighted by atomic mass is 10.0. The van der Waals surface area contributed by atoms with Crippen molar-refractivity contribution >= 4 is 93.2 Å². The van der Waals surface area contributed by atoms with Gasteiger partial charge in [0.15, 0.2) is 10.8 Å². The number of nitrogen functional groups attached to an aromatic ring is 1. The lowest BCUT2D eigenvalue weighted by molar-refractivity contribution is -0.150. The number of alkyl halides is 1. The number of carboxylic acid groups (broad SMARTS) is 1. The number of halogens is 2. The molecule has 1 saturated heterocycles. The summed E-state index contributed by atoms with van der Waals surface area (Å²) in [7, 11) is 0. The Labute approximate surface area is 260 Å². The molecule has 4 heterocycles. The summed E-state index contributed by atoms with van der Waals surface area (Å²) in [6.07, 6.45) is 4.54. The highest BCUT2D eigenvalue weighted by molar-refractivity contribution is 8.07. The number of thioether (sulfide) groups is 3. The van der Waals surface area contributed by atoms with Crippen LogP contribution in [-0.2, 0) is 19.2 Å². The minimum Gasteiger partial charge on any atom is -0.477 e. The van der Waals surface area contributed by atoms with E-state index in [2.05, 4.69) is 25.4 Å². The average Bonchev–Trinajstić information content (AvgIpc) is 3.30. The number of nitrogens with zero attached hydrogens (tertiary/aromatic N) is 5. The fourth-order valence-electron chi connectivity index (χ4n) is 3.77. The van der Waals surface area contributed by atoms with Gasteiger partial charge in [0.25, 0.3) is 11.8 Å². The summed E-state index contributed by atoms with van der Waals surface area (Å²) < 4.78 is 12.6. The van der Waals surface area contributed by atoms with Gasteiger partial charge in [-0.15, -0.1) is 23.5 Å². The van der Waals surface area contributed by atoms with Crippen LogP contribution in [0.4, 0.5) is 9.52 Å². The molecule has 0 saturated carbocycles. The van der Waals surface area contributed by atoms with Crippen molar-refractivity contribution in [1.82, 2.24) is 20.2 Å². The van der Waals surface area contributed by atoms with E-state index < -0.39 is 48.2 Å². The SMILES string of the molecule is CC(CSc1cnccc1SC1=C(C(=O)O)N2C(=O)[C@@H](NC(=O)/C(=N\OCCF)c3nc(N)sc3Cl)[C@@H]2SC1)N=CN. The number of nitrogens with two attached hydrogens (primary N) is 2. The van der Waals surface area contributed by atoms with E-state index in [4.69, 9.17) is 27.9 Å². The van der Waals surface area contributed by atoms with Crippen molar-refractivity contribution in [3.05, 3.63) is 39.1 Å². The van der Waals surface area contributed by atoms with Crippen molar-refractivity contribution in [1.29, 1.82) is 0 Å². The van der Waals surface area contributed by atoms with Crippen LogP contribution in [0.1, 0.15) is 12.6 Å². The van der Waals surface area contributed by atoms with Crippen molar-refractivity contribution in [3.8, 4) is 0 Å². The molecule has 19 heteroatoms. The molecule has 4 rings (SSSR count). The molecule has 42 heavy (non-hydrogen) atoms. The molecule has 13 nitrogen and oxygen atoms in total. The topological polar surface area (TPSA) is 198 Å². The Hall–Kier alpha value is -3.06. The molecule has 0 aliphatic carbocycles. The van der Waals surface area contributed by atoms with Crippen LogP contribution >= 0.6 is 58.2 Å². The van der Waals surface area contributed by atoms with Crippen LogP contribution in [-0.4, -0.2) is 92.1 Å². The molecule has 2 aliphatic rings. The maximum atomic E-state index is 13.2. The van der Waals surface area contributed by atoms with E-state index in [1.54, 1.807) is 18.5 Å². The van der Waals surface area contributed by atoms with E-state index in [-0.39, 0.29) is 32.7 Å². The zero-order valence-electron chi connectivity index (χ0n) is 21.7. The Bertz CT molecular complexity index is 1460. The molecule has 224 valence electrons. The van der Waals surface area contributed by atoms with Gasteiger partial charge in [0, 0.05) is 38.6 Å². The van der Waals surface area contributed by atoms with Gasteiger partial charge in [0.05, 0.1) is 12.4 Å². The molecular formula is C23H24ClFN8O5S4. The summed E-state index contributed by atoms with van der Waals surface area (Å²) in [5, 5.41) is 15.7. The van der Waals surface area contributed by atoms with Crippen molar-refractivity contribution in [2.24, 2.45) is 15.9 Å². The van der Waals surface area contributed by atoms with Crippen LogP contribution in [0.2, 0.25) is 4.34 Å². The maximum absolute atomic E-state index is 13.2. The van der Waals surface area contributed by atoms with Crippen molar-refractivity contribution in [2.45, 2.75) is 34.2 Å². The monoisotopic (exact) mass is 674 g/mol. The third kappa shape index (κ3) is 7.11. The fourth-order valence-corrected chi connectivity index (χ4v) is 8.32. The predicted molar refractivity (Wildman–Crippen MR) is 163 cm³/mol. The van der Waals surface area contributed by atoms with Gasteiger partial charge >= 0.3 is 5.97 Å². The largest absolute Gasteiger partial charge is 0.477 e. The number of rotatable bonds is 13. The summed E-state index contributed by atoms with van der Waals surface area (Å²) in [5.74, 6) is -1.87. The van der Waals surface area contributed by atoms with Gasteiger partial charge in [-0.25, -0.2) is 14.2 Å². The first-order valence-electron chi connectivity index (χ1n) is 12.0. The molecule has 0 aromatic carbocycles. The zero-order chi connectivity index (χ0) is 30.4. The number of carbonyl (C=O) groups excluding carboxylic acids is 2. The van der Waals surface area contributed by atoms with E-state index in [9.17, 15) is 23.9 Å². The van der Waals surface area contributed by atoms with Gasteiger partial charge in [-0.2, -0.15) is 0 Å². The Morgan fingerprint density at radius 2 is 2.24 bits per heavy atom. The number of pyridine rings is 1. The number of aromatic nitrogens is 2. The van der Waals surface area contributed by atoms with E-state index in [0.717, 1.165) is 26.0 Å². The first-order chi connectivity index (χ1) is 20.2. The highest BCUT2D eigenvalue weighted by Crippen LogP contribution is 2.46. The molecule has 0 radical (unpaired) electrons. The summed E-state index contributed by atoms with van der Waals surface area (Å²) in [4.78, 5) is 59.1. The molecule has 2 amide bonds. The van der Waals surface area contributed by atoms with Crippen molar-refractivity contribution in [2.75, 3.05) is 30.5 Å². The number of hydrogen-bond donors (Lipinski definition) is 4. The van der Waals surface area contributed by atoms with Crippen LogP contribution < -0.4 is 16.8 Å². The number of anilines is 1. The minimum atomic E-state index is -1.28. The van der Waals surface area contributed by atoms with E-state index >= 15 is 0 Å². The van der Waals surface area contributed by atoms with Crippen LogP contribution in [0.15, 0.2) is 49.0 Å². The number of aliphatic imine (C=N–C) groups is 1. The number of aliphatic carboxylic acids is 1. The van der Waals surface area contributed by atoms with E-state index in [0.29, 0.717) is 10.7 Å². The predicted octanol–water partition coefficient (Wildman–Crippen LogP) is 2.42. The van der Waals surface area contributed by atoms with Gasteiger partial charge in [0.2, 0.25) is 0 Å². The Balaban J connectivity index is 1.53. The third-order valence-electron chi connectivity index (χ3n) is 5.59. The number of β-lactam (4-membered cyclic amide) rings is 1. The summed E-state index contributed by atoms with van der Waals surface area (Å²) in [5.41, 5.74) is 10.4. The quantitative estimate of drug-likeness (QED) is 0.0605. The molecule has 2 aromatic heterocycles. The number of amides is 2. The second-order valence-corrected chi connectivity index (χ2v) is 13.4. The second kappa shape index (κ2) is 14.4. The zero-order valence-corrected chi connectivity index (χ0v) is 25.8. The molecule has 2 aromatic rings. The van der Waals surface area contributed by atoms with Gasteiger partial charge in [-0.1, -0.05) is 39.9 Å². The van der Waals surface area contributed by atoms with Crippen molar-refractivity contribution in [3.63, 3.8) is 0 Å². The maximum Gasteiger partial charge on any atom is 0.353 e. The number of carboxylic acids is 1. The Morgan fingerprint density at radius 1 is 1.45 bits per heavy atom. The first-order valence-corrected chi connectivity index (χ1v) is 16.1. The Morgan fingerprint density at radius 3 is 2.90 bits per heavy atom. The molecule has 1 fully saturated rings. The Kier molecular flexibility index (Phi) is 10.9. The molecular weight excluding hydrogens is 651 g/mol. The van der Waals surface area contributed by atoms with Crippen LogP contribution in [0, 0.1) is 0 Å². The smallest absolute Gasteiger partial charge is 0.353 e. The van der Waals surface area contributed by atoms with Crippen molar-refractivity contribution < 1.29 is 28.7 Å². The number of fused-ring (bicyclic) bond motifs is 1. The molecule has 0 bridgehead atoms. The van der Waals surface area contributed by atoms with Crippen LogP contribution in [0.25, 0.3) is 0 Å². The lowest BCUT2D eigenvalue weighted by Crippen LogP contribution is -2.71. The molecule has 6 N–H and O–H groups in total. The second-order valence-electron chi connectivity index (χ2n) is 8.46. The molecule has 0 spiro atoms. The minimum absolute atomic E-state index is 0.0339. The highest BCUT2D eigenvalue weighted by atomic mass is 35.5. The van der Waals surface area contributed by atoms with Gasteiger partial charge in [-0.05, 0) is 13.0 Å².